The third kappa shape index (κ3) is 2.00. The van der Waals surface area contributed by atoms with Crippen molar-refractivity contribution in [2.45, 2.75) is 32.1 Å². The summed E-state index contributed by atoms with van der Waals surface area (Å²) in [6.07, 6.45) is 9.32. The molecule has 4 rings (SSSR count). The van der Waals surface area contributed by atoms with Crippen molar-refractivity contribution >= 4 is 6.08 Å². The zero-order valence-corrected chi connectivity index (χ0v) is 11.8. The van der Waals surface area contributed by atoms with Crippen molar-refractivity contribution in [3.8, 4) is 11.1 Å². The monoisotopic (exact) mass is 260 g/mol. The molecule has 0 heterocycles. The molecule has 0 saturated heterocycles. The third-order valence-electron chi connectivity index (χ3n) is 4.89. The Labute approximate surface area is 121 Å². The lowest BCUT2D eigenvalue weighted by Crippen LogP contribution is -1.97. The van der Waals surface area contributed by atoms with E-state index in [1.807, 2.05) is 0 Å². The molecule has 0 radical (unpaired) electrons. The van der Waals surface area contributed by atoms with E-state index in [0.717, 1.165) is 5.92 Å². The van der Waals surface area contributed by atoms with Crippen LogP contribution in [-0.4, -0.2) is 0 Å². The first kappa shape index (κ1) is 12.0. The Kier molecular flexibility index (Phi) is 2.95. The summed E-state index contributed by atoms with van der Waals surface area (Å²) in [5, 5.41) is 0. The van der Waals surface area contributed by atoms with Crippen LogP contribution in [0.1, 0.15) is 36.8 Å². The van der Waals surface area contributed by atoms with Gasteiger partial charge in [-0.15, -0.1) is 0 Å². The van der Waals surface area contributed by atoms with Crippen LogP contribution in [-0.2, 0) is 6.42 Å². The Balaban J connectivity index is 1.76. The molecule has 1 saturated carbocycles. The minimum atomic E-state index is 0.853. The molecule has 2 aliphatic carbocycles. The lowest BCUT2D eigenvalue weighted by molar-refractivity contribution is 0.634. The van der Waals surface area contributed by atoms with Gasteiger partial charge in [0.1, 0.15) is 0 Å². The lowest BCUT2D eigenvalue weighted by atomic mass is 9.96. The molecule has 0 unspecified atom stereocenters. The standard InChI is InChI=1S/C20H20/c1-2-9-16(10-3-1)19-12-6-11-17-13-18(14-20(17)19)15-7-4-5-8-15/h1-3,6,9-12,14-15H,4-5,7-8,13H2. The van der Waals surface area contributed by atoms with Gasteiger partial charge < -0.3 is 0 Å². The summed E-state index contributed by atoms with van der Waals surface area (Å²) in [6.45, 7) is 0. The van der Waals surface area contributed by atoms with Gasteiger partial charge in [-0.2, -0.15) is 0 Å². The normalized spacial score (nSPS) is 18.1. The summed E-state index contributed by atoms with van der Waals surface area (Å²) >= 11 is 0. The molecule has 100 valence electrons. The maximum Gasteiger partial charge on any atom is -0.00548 e. The molecule has 20 heavy (non-hydrogen) atoms. The van der Waals surface area contributed by atoms with Crippen LogP contribution in [0.4, 0.5) is 0 Å². The van der Waals surface area contributed by atoms with Crippen LogP contribution in [0.3, 0.4) is 0 Å². The van der Waals surface area contributed by atoms with Gasteiger partial charge in [0, 0.05) is 0 Å². The molecular weight excluding hydrogens is 240 g/mol. The summed E-state index contributed by atoms with van der Waals surface area (Å²) in [7, 11) is 0. The van der Waals surface area contributed by atoms with Crippen LogP contribution in [0, 0.1) is 5.92 Å². The van der Waals surface area contributed by atoms with E-state index in [1.54, 1.807) is 5.57 Å². The number of allylic oxidation sites excluding steroid dienone is 1. The summed E-state index contributed by atoms with van der Waals surface area (Å²) in [5.74, 6) is 0.853. The largest absolute Gasteiger partial charge is 0.0622 e. The SMILES string of the molecule is C1=C(C2CCCC2)Cc2cccc(-c3ccccc3)c21. The van der Waals surface area contributed by atoms with E-state index in [2.05, 4.69) is 54.6 Å². The van der Waals surface area contributed by atoms with Crippen LogP contribution in [0.2, 0.25) is 0 Å². The molecule has 0 atom stereocenters. The van der Waals surface area contributed by atoms with Crippen molar-refractivity contribution in [2.24, 2.45) is 5.92 Å². The topological polar surface area (TPSA) is 0 Å². The van der Waals surface area contributed by atoms with Crippen LogP contribution in [0.5, 0.6) is 0 Å². The highest BCUT2D eigenvalue weighted by molar-refractivity contribution is 5.80. The second-order valence-corrected chi connectivity index (χ2v) is 6.12. The average molecular weight is 260 g/mol. The van der Waals surface area contributed by atoms with Crippen molar-refractivity contribution in [3.05, 3.63) is 65.2 Å². The molecule has 1 fully saturated rings. The minimum Gasteiger partial charge on any atom is -0.0622 e. The Morgan fingerprint density at radius 3 is 2.40 bits per heavy atom. The lowest BCUT2D eigenvalue weighted by Gasteiger charge is -2.09. The van der Waals surface area contributed by atoms with E-state index in [1.165, 1.54) is 54.4 Å². The van der Waals surface area contributed by atoms with Crippen molar-refractivity contribution in [1.82, 2.24) is 0 Å². The fourth-order valence-corrected chi connectivity index (χ4v) is 3.82. The highest BCUT2D eigenvalue weighted by Crippen LogP contribution is 2.40. The van der Waals surface area contributed by atoms with Gasteiger partial charge >= 0.3 is 0 Å². The number of hydrogen-bond acceptors (Lipinski definition) is 0. The zero-order chi connectivity index (χ0) is 13.4. The summed E-state index contributed by atoms with van der Waals surface area (Å²) in [6, 6.07) is 17.6. The molecule has 0 heteroatoms. The second kappa shape index (κ2) is 4.94. The highest BCUT2D eigenvalue weighted by Gasteiger charge is 2.24. The van der Waals surface area contributed by atoms with Gasteiger partial charge in [0.2, 0.25) is 0 Å². The summed E-state index contributed by atoms with van der Waals surface area (Å²) < 4.78 is 0. The van der Waals surface area contributed by atoms with Crippen LogP contribution >= 0.6 is 0 Å². The molecule has 2 aromatic rings. The minimum absolute atomic E-state index is 0.853. The fourth-order valence-electron chi connectivity index (χ4n) is 3.82. The zero-order valence-electron chi connectivity index (χ0n) is 11.8. The quantitative estimate of drug-likeness (QED) is 0.670. The molecule has 0 amide bonds. The van der Waals surface area contributed by atoms with E-state index in [0.29, 0.717) is 0 Å². The van der Waals surface area contributed by atoms with Gasteiger partial charge in [0.15, 0.2) is 0 Å². The predicted octanol–water partition coefficient (Wildman–Crippen LogP) is 5.48. The van der Waals surface area contributed by atoms with Gasteiger partial charge in [-0.3, -0.25) is 0 Å². The molecule has 2 aromatic carbocycles. The molecule has 0 nitrogen and oxygen atoms in total. The Bertz CT molecular complexity index is 643. The van der Waals surface area contributed by atoms with E-state index >= 15 is 0 Å². The summed E-state index contributed by atoms with van der Waals surface area (Å²) in [4.78, 5) is 0. The fraction of sp³-hybridized carbons (Fsp3) is 0.300. The van der Waals surface area contributed by atoms with Gasteiger partial charge in [-0.1, -0.05) is 73.0 Å². The summed E-state index contributed by atoms with van der Waals surface area (Å²) in [5.41, 5.74) is 7.42. The van der Waals surface area contributed by atoms with E-state index in [-0.39, 0.29) is 0 Å². The Morgan fingerprint density at radius 1 is 0.800 bits per heavy atom. The van der Waals surface area contributed by atoms with Crippen LogP contribution in [0.15, 0.2) is 54.1 Å². The molecule has 0 N–H and O–H groups in total. The van der Waals surface area contributed by atoms with Crippen LogP contribution in [0.25, 0.3) is 17.2 Å². The van der Waals surface area contributed by atoms with E-state index < -0.39 is 0 Å². The van der Waals surface area contributed by atoms with Gasteiger partial charge in [0.25, 0.3) is 0 Å². The first-order valence-electron chi connectivity index (χ1n) is 7.79. The first-order chi connectivity index (χ1) is 9.92. The molecule has 0 bridgehead atoms. The van der Waals surface area contributed by atoms with Crippen molar-refractivity contribution in [2.75, 3.05) is 0 Å². The number of fused-ring (bicyclic) bond motifs is 1. The van der Waals surface area contributed by atoms with Gasteiger partial charge in [-0.05, 0) is 47.4 Å². The number of rotatable bonds is 2. The third-order valence-corrected chi connectivity index (χ3v) is 4.89. The maximum atomic E-state index is 2.49. The molecule has 0 aliphatic heterocycles. The van der Waals surface area contributed by atoms with Gasteiger partial charge in [0.05, 0.1) is 0 Å². The van der Waals surface area contributed by atoms with Crippen molar-refractivity contribution < 1.29 is 0 Å². The second-order valence-electron chi connectivity index (χ2n) is 6.12. The Hall–Kier alpha value is -1.82. The van der Waals surface area contributed by atoms with Gasteiger partial charge in [-0.25, -0.2) is 0 Å². The molecule has 2 aliphatic rings. The van der Waals surface area contributed by atoms with E-state index in [9.17, 15) is 0 Å². The van der Waals surface area contributed by atoms with Crippen LogP contribution < -0.4 is 0 Å². The molecular formula is C20H20. The smallest absolute Gasteiger partial charge is 0.00548 e. The van der Waals surface area contributed by atoms with Crippen molar-refractivity contribution in [3.63, 3.8) is 0 Å². The molecule has 0 aromatic heterocycles. The number of benzene rings is 2. The predicted molar refractivity (Wildman–Crippen MR) is 85.5 cm³/mol. The average Bonchev–Trinajstić information content (AvgIpc) is 3.16. The highest BCUT2D eigenvalue weighted by atomic mass is 14.3. The molecule has 0 spiro atoms. The maximum absolute atomic E-state index is 2.49. The first-order valence-corrected chi connectivity index (χ1v) is 7.79. The van der Waals surface area contributed by atoms with E-state index in [4.69, 9.17) is 0 Å². The Morgan fingerprint density at radius 2 is 1.60 bits per heavy atom. The van der Waals surface area contributed by atoms with Crippen molar-refractivity contribution in [1.29, 1.82) is 0 Å². The number of hydrogen-bond donors (Lipinski definition) is 0.